The van der Waals surface area contributed by atoms with Crippen molar-refractivity contribution in [3.63, 3.8) is 0 Å². The van der Waals surface area contributed by atoms with Crippen molar-refractivity contribution in [2.45, 2.75) is 76.0 Å². The molecular weight excluding hydrogens is 439 g/mol. The van der Waals surface area contributed by atoms with Gasteiger partial charge >= 0.3 is 5.97 Å². The molecule has 1 aromatic rings. The lowest BCUT2D eigenvalue weighted by atomic mass is 9.95. The molecule has 0 radical (unpaired) electrons. The topological polar surface area (TPSA) is 103 Å². The highest BCUT2D eigenvalue weighted by Crippen LogP contribution is 2.31. The molecule has 0 spiro atoms. The summed E-state index contributed by atoms with van der Waals surface area (Å²) in [4.78, 5) is 26.2. The molecule has 9 heteroatoms. The molecule has 188 valence electrons. The first-order valence-corrected chi connectivity index (χ1v) is 12.7. The summed E-state index contributed by atoms with van der Waals surface area (Å²) in [6.45, 7) is 2.10. The van der Waals surface area contributed by atoms with Crippen LogP contribution in [0.2, 0.25) is 0 Å². The Balaban J connectivity index is 1.41. The normalized spacial score (nSPS) is 22.4. The summed E-state index contributed by atoms with van der Waals surface area (Å²) in [5.41, 5.74) is 1.43. The zero-order valence-corrected chi connectivity index (χ0v) is 19.8. The number of morpholine rings is 1. The van der Waals surface area contributed by atoms with Gasteiger partial charge in [-0.25, -0.2) is 9.18 Å². The zero-order valence-electron chi connectivity index (χ0n) is 19.8. The molecule has 1 saturated heterocycles. The molecule has 1 heterocycles. The summed E-state index contributed by atoms with van der Waals surface area (Å²) in [7, 11) is 0. The third-order valence-corrected chi connectivity index (χ3v) is 7.17. The monoisotopic (exact) mass is 476 g/mol. The number of halogens is 1. The molecule has 1 unspecified atom stereocenters. The van der Waals surface area contributed by atoms with Crippen LogP contribution in [0, 0.1) is 5.82 Å². The predicted molar refractivity (Wildman–Crippen MR) is 129 cm³/mol. The van der Waals surface area contributed by atoms with Crippen LogP contribution in [0.25, 0.3) is 0 Å². The number of hydrogen-bond acceptors (Lipinski definition) is 6. The number of rotatable bonds is 9. The molecule has 1 aromatic carbocycles. The lowest BCUT2D eigenvalue weighted by molar-refractivity contribution is -0.155. The molecule has 1 aliphatic heterocycles. The molecule has 2 saturated carbocycles. The highest BCUT2D eigenvalue weighted by molar-refractivity contribution is 6.00. The Kier molecular flexibility index (Phi) is 8.61. The van der Waals surface area contributed by atoms with Crippen molar-refractivity contribution in [2.75, 3.05) is 43.4 Å². The lowest BCUT2D eigenvalue weighted by Crippen LogP contribution is -2.48. The van der Waals surface area contributed by atoms with Gasteiger partial charge in [0, 0.05) is 44.0 Å². The van der Waals surface area contributed by atoms with Gasteiger partial charge in [-0.2, -0.15) is 0 Å². The highest BCUT2D eigenvalue weighted by Gasteiger charge is 2.26. The van der Waals surface area contributed by atoms with Crippen molar-refractivity contribution in [1.82, 2.24) is 10.2 Å². The van der Waals surface area contributed by atoms with E-state index in [0.29, 0.717) is 49.2 Å². The zero-order chi connectivity index (χ0) is 23.9. The fourth-order valence-corrected chi connectivity index (χ4v) is 5.23. The highest BCUT2D eigenvalue weighted by atomic mass is 19.1. The Labute approximate surface area is 200 Å². The smallest absolute Gasteiger partial charge is 0.334 e. The van der Waals surface area contributed by atoms with E-state index in [1.165, 1.54) is 12.5 Å². The average molecular weight is 477 g/mol. The van der Waals surface area contributed by atoms with E-state index in [4.69, 9.17) is 9.84 Å². The maximum absolute atomic E-state index is 15.0. The van der Waals surface area contributed by atoms with Crippen molar-refractivity contribution in [1.29, 1.82) is 0 Å². The number of aliphatic carboxylic acids is 1. The first-order valence-electron chi connectivity index (χ1n) is 12.7. The number of carbonyl (C=O) groups excluding carboxylic acids is 1. The Morgan fingerprint density at radius 2 is 1.65 bits per heavy atom. The summed E-state index contributed by atoms with van der Waals surface area (Å²) in [5, 5.41) is 18.9. The molecule has 1 amide bonds. The van der Waals surface area contributed by atoms with E-state index >= 15 is 4.39 Å². The van der Waals surface area contributed by atoms with Crippen molar-refractivity contribution in [3.8, 4) is 0 Å². The second kappa shape index (κ2) is 11.8. The van der Waals surface area contributed by atoms with Gasteiger partial charge in [-0.05, 0) is 37.8 Å². The van der Waals surface area contributed by atoms with E-state index in [0.717, 1.165) is 51.4 Å². The average Bonchev–Trinajstić information content (AvgIpc) is 3.35. The van der Waals surface area contributed by atoms with Crippen molar-refractivity contribution < 1.29 is 23.8 Å². The summed E-state index contributed by atoms with van der Waals surface area (Å²) < 4.78 is 20.3. The van der Waals surface area contributed by atoms with Gasteiger partial charge in [0.2, 0.25) is 0 Å². The summed E-state index contributed by atoms with van der Waals surface area (Å²) in [5.74, 6) is -1.72. The maximum Gasteiger partial charge on any atom is 0.334 e. The van der Waals surface area contributed by atoms with Crippen LogP contribution in [0.1, 0.15) is 68.1 Å². The van der Waals surface area contributed by atoms with E-state index < -0.39 is 17.9 Å². The number of ether oxygens (including phenoxy) is 1. The largest absolute Gasteiger partial charge is 0.479 e. The fraction of sp³-hybridized carbons (Fsp3) is 0.680. The summed E-state index contributed by atoms with van der Waals surface area (Å²) in [6.07, 6.45) is 9.19. The molecule has 4 rings (SSSR count). The predicted octanol–water partition coefficient (Wildman–Crippen LogP) is 3.44. The molecule has 8 nitrogen and oxygen atoms in total. The fourth-order valence-electron chi connectivity index (χ4n) is 5.23. The third-order valence-electron chi connectivity index (χ3n) is 7.17. The van der Waals surface area contributed by atoms with Crippen LogP contribution < -0.4 is 16.0 Å². The minimum Gasteiger partial charge on any atom is -0.479 e. The standard InChI is InChI=1S/C25H37FN4O4/c26-20-14-19(24(31)27-10-11-30-12-13-34-23(16-30)25(32)33)21(28-17-8-4-5-9-17)15-22(20)29-18-6-2-1-3-7-18/h14-15,17-18,23,28-29H,1-13,16H2,(H,27,31)(H,32,33). The van der Waals surface area contributed by atoms with Gasteiger partial charge in [0.05, 0.1) is 17.9 Å². The lowest BCUT2D eigenvalue weighted by Gasteiger charge is -2.30. The molecule has 0 bridgehead atoms. The van der Waals surface area contributed by atoms with Gasteiger partial charge in [-0.1, -0.05) is 32.1 Å². The summed E-state index contributed by atoms with van der Waals surface area (Å²) in [6, 6.07) is 3.66. The Morgan fingerprint density at radius 1 is 1.00 bits per heavy atom. The van der Waals surface area contributed by atoms with Crippen LogP contribution in [0.3, 0.4) is 0 Å². The molecule has 1 atom stereocenters. The van der Waals surface area contributed by atoms with Crippen LogP contribution >= 0.6 is 0 Å². The van der Waals surface area contributed by atoms with Crippen LogP contribution in [0.4, 0.5) is 15.8 Å². The van der Waals surface area contributed by atoms with Crippen LogP contribution in [0.15, 0.2) is 12.1 Å². The quantitative estimate of drug-likeness (QED) is 0.433. The van der Waals surface area contributed by atoms with Gasteiger partial charge < -0.3 is 25.8 Å². The van der Waals surface area contributed by atoms with Crippen LogP contribution in [-0.4, -0.2) is 72.9 Å². The molecular formula is C25H37FN4O4. The molecule has 0 aromatic heterocycles. The van der Waals surface area contributed by atoms with Gasteiger partial charge in [-0.3, -0.25) is 9.69 Å². The van der Waals surface area contributed by atoms with E-state index in [9.17, 15) is 9.59 Å². The first kappa shape index (κ1) is 24.7. The minimum atomic E-state index is -0.978. The van der Waals surface area contributed by atoms with Crippen LogP contribution in [-0.2, 0) is 9.53 Å². The molecule has 3 aliphatic rings. The molecule has 3 fully saturated rings. The third kappa shape index (κ3) is 6.60. The number of benzene rings is 1. The summed E-state index contributed by atoms with van der Waals surface area (Å²) >= 11 is 0. The molecule has 4 N–H and O–H groups in total. The van der Waals surface area contributed by atoms with Crippen molar-refractivity contribution in [2.24, 2.45) is 0 Å². The molecule has 2 aliphatic carbocycles. The number of carbonyl (C=O) groups is 2. The second-order valence-electron chi connectivity index (χ2n) is 9.74. The first-order chi connectivity index (χ1) is 16.5. The van der Waals surface area contributed by atoms with Crippen LogP contribution in [0.5, 0.6) is 0 Å². The van der Waals surface area contributed by atoms with Gasteiger partial charge in [0.15, 0.2) is 6.10 Å². The maximum atomic E-state index is 15.0. The minimum absolute atomic E-state index is 0.269. The van der Waals surface area contributed by atoms with Crippen molar-refractivity contribution >= 4 is 23.3 Å². The number of hydrogen-bond donors (Lipinski definition) is 4. The number of nitrogens with one attached hydrogen (secondary N) is 3. The van der Waals surface area contributed by atoms with E-state index in [1.807, 2.05) is 4.90 Å². The number of amides is 1. The number of carboxylic acid groups (broad SMARTS) is 1. The molecule has 34 heavy (non-hydrogen) atoms. The number of carboxylic acids is 1. The SMILES string of the molecule is O=C(NCCN1CCOC(C(=O)O)C1)c1cc(F)c(NC2CCCCC2)cc1NC1CCCC1. The van der Waals surface area contributed by atoms with Gasteiger partial charge in [0.25, 0.3) is 5.91 Å². The van der Waals surface area contributed by atoms with E-state index in [2.05, 4.69) is 16.0 Å². The second-order valence-corrected chi connectivity index (χ2v) is 9.74. The number of anilines is 2. The number of nitrogens with zero attached hydrogens (tertiary/aromatic N) is 1. The van der Waals surface area contributed by atoms with E-state index in [-0.39, 0.29) is 18.5 Å². The van der Waals surface area contributed by atoms with Gasteiger partial charge in [0.1, 0.15) is 5.82 Å². The Morgan fingerprint density at radius 3 is 2.32 bits per heavy atom. The Hall–Kier alpha value is -2.39. The van der Waals surface area contributed by atoms with Gasteiger partial charge in [-0.15, -0.1) is 0 Å². The van der Waals surface area contributed by atoms with E-state index in [1.54, 1.807) is 6.07 Å². The Bertz CT molecular complexity index is 856. The van der Waals surface area contributed by atoms with Crippen molar-refractivity contribution in [3.05, 3.63) is 23.5 Å².